The number of anilines is 1. The molecule has 0 aromatic carbocycles. The Bertz CT molecular complexity index is 558. The Morgan fingerprint density at radius 1 is 1.32 bits per heavy atom. The molecule has 2 aliphatic heterocycles. The summed E-state index contributed by atoms with van der Waals surface area (Å²) in [5.41, 5.74) is 0.353. The van der Waals surface area contributed by atoms with Crippen LogP contribution in [0, 0.1) is 18.3 Å². The average Bonchev–Trinajstić information content (AvgIpc) is 3.05. The number of amides is 1. The molecule has 1 amide bonds. The molecule has 3 heterocycles. The van der Waals surface area contributed by atoms with E-state index >= 15 is 0 Å². The van der Waals surface area contributed by atoms with Crippen molar-refractivity contribution in [3.63, 3.8) is 0 Å². The van der Waals surface area contributed by atoms with Crippen LogP contribution < -0.4 is 10.2 Å². The van der Waals surface area contributed by atoms with Crippen molar-refractivity contribution < 1.29 is 4.79 Å². The molecule has 1 unspecified atom stereocenters. The molecule has 0 bridgehead atoms. The zero-order valence-corrected chi connectivity index (χ0v) is 14.0. The highest BCUT2D eigenvalue weighted by atomic mass is 32.1. The van der Waals surface area contributed by atoms with Crippen LogP contribution in [0.1, 0.15) is 24.1 Å². The van der Waals surface area contributed by atoms with E-state index in [1.54, 1.807) is 11.3 Å². The van der Waals surface area contributed by atoms with Crippen molar-refractivity contribution in [1.29, 1.82) is 0 Å². The molecule has 120 valence electrons. The number of hydrogen-bond acceptors (Lipinski definition) is 5. The number of aryl methyl sites for hydroxylation is 1. The van der Waals surface area contributed by atoms with Crippen LogP contribution in [0.4, 0.5) is 5.13 Å². The Labute approximate surface area is 135 Å². The van der Waals surface area contributed by atoms with Crippen LogP contribution in [-0.4, -0.2) is 55.1 Å². The smallest absolute Gasteiger partial charge is 0.226 e. The summed E-state index contributed by atoms with van der Waals surface area (Å²) < 4.78 is 0. The lowest BCUT2D eigenvalue weighted by Gasteiger charge is -2.35. The summed E-state index contributed by atoms with van der Waals surface area (Å²) >= 11 is 1.74. The first kappa shape index (κ1) is 14.5. The Morgan fingerprint density at radius 2 is 2.05 bits per heavy atom. The van der Waals surface area contributed by atoms with Gasteiger partial charge in [0.2, 0.25) is 5.91 Å². The van der Waals surface area contributed by atoms with Crippen LogP contribution >= 0.6 is 11.3 Å². The Morgan fingerprint density at radius 3 is 2.68 bits per heavy atom. The molecule has 6 heteroatoms. The van der Waals surface area contributed by atoms with Crippen LogP contribution in [0.5, 0.6) is 0 Å². The zero-order chi connectivity index (χ0) is 15.2. The fourth-order valence-corrected chi connectivity index (χ4v) is 4.81. The van der Waals surface area contributed by atoms with E-state index in [0.29, 0.717) is 17.2 Å². The van der Waals surface area contributed by atoms with Gasteiger partial charge in [-0.2, -0.15) is 0 Å². The molecule has 0 radical (unpaired) electrons. The summed E-state index contributed by atoms with van der Waals surface area (Å²) in [4.78, 5) is 22.9. The summed E-state index contributed by atoms with van der Waals surface area (Å²) in [6, 6.07) is 0. The number of piperazine rings is 1. The van der Waals surface area contributed by atoms with Gasteiger partial charge in [-0.05, 0) is 44.7 Å². The van der Waals surface area contributed by atoms with E-state index in [1.165, 1.54) is 17.7 Å². The molecular formula is C16H24N4OS. The third-order valence-electron chi connectivity index (χ3n) is 5.56. The first-order chi connectivity index (χ1) is 10.7. The Balaban J connectivity index is 1.33. The van der Waals surface area contributed by atoms with Crippen molar-refractivity contribution in [1.82, 2.24) is 15.2 Å². The number of nitrogens with zero attached hydrogens (tertiary/aromatic N) is 3. The highest BCUT2D eigenvalue weighted by Crippen LogP contribution is 2.59. The molecule has 1 atom stereocenters. The average molecular weight is 320 g/mol. The molecule has 1 saturated carbocycles. The van der Waals surface area contributed by atoms with Crippen LogP contribution in [0.3, 0.4) is 0 Å². The monoisotopic (exact) mass is 320 g/mol. The van der Waals surface area contributed by atoms with Crippen LogP contribution in [0.25, 0.3) is 0 Å². The highest BCUT2D eigenvalue weighted by molar-refractivity contribution is 7.15. The van der Waals surface area contributed by atoms with Gasteiger partial charge in [0.05, 0.1) is 0 Å². The van der Waals surface area contributed by atoms with E-state index in [9.17, 15) is 4.79 Å². The summed E-state index contributed by atoms with van der Waals surface area (Å²) in [5, 5.41) is 4.51. The number of rotatable bonds is 2. The van der Waals surface area contributed by atoms with Crippen molar-refractivity contribution >= 4 is 22.4 Å². The number of nitrogens with one attached hydrogen (secondary N) is 1. The van der Waals surface area contributed by atoms with E-state index < -0.39 is 0 Å². The molecule has 1 aromatic heterocycles. The molecule has 3 aliphatic rings. The fourth-order valence-electron chi connectivity index (χ4n) is 4.00. The SMILES string of the molecule is Cc1cnc(N2CCN(C(=O)C3CC34CCNCC4)CC2)s1. The topological polar surface area (TPSA) is 48.5 Å². The highest BCUT2D eigenvalue weighted by Gasteiger charge is 2.58. The van der Waals surface area contributed by atoms with Gasteiger partial charge in [-0.3, -0.25) is 4.79 Å². The van der Waals surface area contributed by atoms with Crippen LogP contribution in [-0.2, 0) is 4.79 Å². The standard InChI is InChI=1S/C16H24N4OS/c1-12-11-18-15(22-12)20-8-6-19(7-9-20)14(21)13-10-16(13)2-4-17-5-3-16/h11,13,17H,2-10H2,1H3. The maximum atomic E-state index is 12.8. The number of aromatic nitrogens is 1. The molecule has 22 heavy (non-hydrogen) atoms. The summed E-state index contributed by atoms with van der Waals surface area (Å²) in [5.74, 6) is 0.722. The van der Waals surface area contributed by atoms with Gasteiger partial charge in [0, 0.05) is 43.2 Å². The van der Waals surface area contributed by atoms with Gasteiger partial charge in [0.15, 0.2) is 5.13 Å². The number of piperidine rings is 1. The fraction of sp³-hybridized carbons (Fsp3) is 0.750. The van der Waals surface area contributed by atoms with Gasteiger partial charge in [-0.15, -0.1) is 11.3 Å². The minimum Gasteiger partial charge on any atom is -0.345 e. The van der Waals surface area contributed by atoms with Crippen molar-refractivity contribution in [2.75, 3.05) is 44.2 Å². The molecular weight excluding hydrogens is 296 g/mol. The molecule has 3 fully saturated rings. The first-order valence-electron chi connectivity index (χ1n) is 8.35. The van der Waals surface area contributed by atoms with Gasteiger partial charge >= 0.3 is 0 Å². The quantitative estimate of drug-likeness (QED) is 0.897. The van der Waals surface area contributed by atoms with Gasteiger partial charge in [-0.25, -0.2) is 4.98 Å². The maximum absolute atomic E-state index is 12.8. The second-order valence-electron chi connectivity index (χ2n) is 6.93. The van der Waals surface area contributed by atoms with E-state index in [0.717, 1.165) is 50.8 Å². The Hall–Kier alpha value is -1.14. The second kappa shape index (κ2) is 5.49. The summed E-state index contributed by atoms with van der Waals surface area (Å²) in [7, 11) is 0. The zero-order valence-electron chi connectivity index (χ0n) is 13.2. The molecule has 1 aliphatic carbocycles. The van der Waals surface area contributed by atoms with E-state index in [2.05, 4.69) is 27.0 Å². The van der Waals surface area contributed by atoms with Gasteiger partial charge < -0.3 is 15.1 Å². The molecule has 1 N–H and O–H groups in total. The summed E-state index contributed by atoms with van der Waals surface area (Å²) in [6.07, 6.45) is 5.42. The lowest BCUT2D eigenvalue weighted by atomic mass is 9.91. The molecule has 1 spiro atoms. The van der Waals surface area contributed by atoms with Crippen molar-refractivity contribution in [3.8, 4) is 0 Å². The van der Waals surface area contributed by atoms with Gasteiger partial charge in [-0.1, -0.05) is 0 Å². The minimum absolute atomic E-state index is 0.309. The van der Waals surface area contributed by atoms with E-state index in [-0.39, 0.29) is 0 Å². The normalized spacial score (nSPS) is 27.2. The predicted molar refractivity (Wildman–Crippen MR) is 88.3 cm³/mol. The van der Waals surface area contributed by atoms with E-state index in [1.807, 2.05) is 6.20 Å². The third-order valence-corrected chi connectivity index (χ3v) is 6.53. The van der Waals surface area contributed by atoms with Crippen LogP contribution in [0.15, 0.2) is 6.20 Å². The second-order valence-corrected chi connectivity index (χ2v) is 8.15. The van der Waals surface area contributed by atoms with Gasteiger partial charge in [0.25, 0.3) is 0 Å². The van der Waals surface area contributed by atoms with Gasteiger partial charge in [0.1, 0.15) is 0 Å². The largest absolute Gasteiger partial charge is 0.345 e. The predicted octanol–water partition coefficient (Wildman–Crippen LogP) is 1.49. The summed E-state index contributed by atoms with van der Waals surface area (Å²) in [6.45, 7) is 7.79. The van der Waals surface area contributed by atoms with Crippen molar-refractivity contribution in [3.05, 3.63) is 11.1 Å². The number of carbonyl (C=O) groups is 1. The number of carbonyl (C=O) groups excluding carboxylic acids is 1. The van der Waals surface area contributed by atoms with Crippen LogP contribution in [0.2, 0.25) is 0 Å². The first-order valence-corrected chi connectivity index (χ1v) is 9.16. The number of hydrogen-bond donors (Lipinski definition) is 1. The Kier molecular flexibility index (Phi) is 3.61. The molecule has 5 nitrogen and oxygen atoms in total. The minimum atomic E-state index is 0.309. The molecule has 1 aromatic rings. The molecule has 4 rings (SSSR count). The lowest BCUT2D eigenvalue weighted by molar-refractivity contribution is -0.133. The van der Waals surface area contributed by atoms with Crippen molar-refractivity contribution in [2.45, 2.75) is 26.2 Å². The van der Waals surface area contributed by atoms with Crippen molar-refractivity contribution in [2.24, 2.45) is 11.3 Å². The molecule has 2 saturated heterocycles. The van der Waals surface area contributed by atoms with E-state index in [4.69, 9.17) is 0 Å². The lowest BCUT2D eigenvalue weighted by Crippen LogP contribution is -2.49. The maximum Gasteiger partial charge on any atom is 0.226 e. The third kappa shape index (κ3) is 2.52. The number of thiazole rings is 1.